The molecular formula is C17H23NO3. The van der Waals surface area contributed by atoms with Crippen molar-refractivity contribution in [2.75, 3.05) is 6.61 Å². The maximum atomic E-state index is 12.1. The zero-order chi connectivity index (χ0) is 14.8. The molecule has 0 saturated carbocycles. The lowest BCUT2D eigenvalue weighted by molar-refractivity contribution is -0.174. The summed E-state index contributed by atoms with van der Waals surface area (Å²) in [5.74, 6) is -0.179. The molecule has 1 N–H and O–H groups in total. The Balaban J connectivity index is 1.92. The highest BCUT2D eigenvalue weighted by Gasteiger charge is 2.46. The van der Waals surface area contributed by atoms with Gasteiger partial charge in [0.25, 0.3) is 0 Å². The van der Waals surface area contributed by atoms with Crippen molar-refractivity contribution in [3.63, 3.8) is 0 Å². The van der Waals surface area contributed by atoms with Gasteiger partial charge >= 0.3 is 5.97 Å². The third-order valence-corrected chi connectivity index (χ3v) is 4.64. The zero-order valence-electron chi connectivity index (χ0n) is 12.4. The van der Waals surface area contributed by atoms with E-state index in [1.54, 1.807) is 0 Å². The number of hydrogen-bond acceptors (Lipinski definition) is 4. The second-order valence-electron chi connectivity index (χ2n) is 6.09. The molecule has 2 aliphatic rings. The van der Waals surface area contributed by atoms with Gasteiger partial charge in [-0.1, -0.05) is 43.7 Å². The lowest BCUT2D eigenvalue weighted by Gasteiger charge is -2.49. The van der Waals surface area contributed by atoms with Crippen molar-refractivity contribution in [3.8, 4) is 0 Å². The molecule has 2 saturated heterocycles. The Labute approximate surface area is 125 Å². The summed E-state index contributed by atoms with van der Waals surface area (Å²) in [5.41, 5.74) is 1.19. The molecule has 2 aliphatic heterocycles. The van der Waals surface area contributed by atoms with E-state index in [0.717, 1.165) is 19.3 Å². The van der Waals surface area contributed by atoms with Gasteiger partial charge in [0.15, 0.2) is 0 Å². The van der Waals surface area contributed by atoms with Crippen LogP contribution in [-0.2, 0) is 9.53 Å². The Morgan fingerprint density at radius 2 is 2.00 bits per heavy atom. The maximum Gasteiger partial charge on any atom is 0.323 e. The van der Waals surface area contributed by atoms with Crippen LogP contribution < -0.4 is 0 Å². The van der Waals surface area contributed by atoms with E-state index < -0.39 is 6.10 Å². The Morgan fingerprint density at radius 1 is 1.24 bits per heavy atom. The quantitative estimate of drug-likeness (QED) is 0.867. The molecule has 0 radical (unpaired) electrons. The predicted molar refractivity (Wildman–Crippen MR) is 79.7 cm³/mol. The molecule has 0 aliphatic carbocycles. The SMILES string of the molecule is CCC[C@@H]1C[C@H](O)C[C@H]2C(=O)OC[C@H](c3ccccc3)N12. The van der Waals surface area contributed by atoms with Crippen LogP contribution in [0.4, 0.5) is 0 Å². The van der Waals surface area contributed by atoms with E-state index in [0.29, 0.717) is 13.0 Å². The van der Waals surface area contributed by atoms with Crippen molar-refractivity contribution in [1.82, 2.24) is 4.90 Å². The Morgan fingerprint density at radius 3 is 2.71 bits per heavy atom. The molecule has 4 atom stereocenters. The van der Waals surface area contributed by atoms with Crippen molar-refractivity contribution in [3.05, 3.63) is 35.9 Å². The number of rotatable bonds is 3. The average molecular weight is 289 g/mol. The fraction of sp³-hybridized carbons (Fsp3) is 0.588. The van der Waals surface area contributed by atoms with Gasteiger partial charge in [0, 0.05) is 6.04 Å². The topological polar surface area (TPSA) is 49.8 Å². The fourth-order valence-electron chi connectivity index (χ4n) is 3.74. The van der Waals surface area contributed by atoms with Gasteiger partial charge in [-0.2, -0.15) is 0 Å². The summed E-state index contributed by atoms with van der Waals surface area (Å²) in [4.78, 5) is 14.4. The third kappa shape index (κ3) is 2.83. The van der Waals surface area contributed by atoms with Crippen molar-refractivity contribution < 1.29 is 14.6 Å². The van der Waals surface area contributed by atoms with E-state index in [1.165, 1.54) is 5.56 Å². The smallest absolute Gasteiger partial charge is 0.323 e. The molecular weight excluding hydrogens is 266 g/mol. The molecule has 114 valence electrons. The average Bonchev–Trinajstić information content (AvgIpc) is 2.49. The Kier molecular flexibility index (Phi) is 4.27. The number of piperidine rings is 1. The van der Waals surface area contributed by atoms with E-state index in [4.69, 9.17) is 4.74 Å². The Bertz CT molecular complexity index is 490. The fourth-order valence-corrected chi connectivity index (χ4v) is 3.74. The first-order valence-electron chi connectivity index (χ1n) is 7.87. The summed E-state index contributed by atoms with van der Waals surface area (Å²) in [6.45, 7) is 2.56. The maximum absolute atomic E-state index is 12.1. The molecule has 21 heavy (non-hydrogen) atoms. The van der Waals surface area contributed by atoms with Gasteiger partial charge in [-0.3, -0.25) is 9.69 Å². The molecule has 3 rings (SSSR count). The van der Waals surface area contributed by atoms with Crippen molar-refractivity contribution in [2.45, 2.75) is 56.8 Å². The molecule has 1 aromatic rings. The minimum Gasteiger partial charge on any atom is -0.462 e. The number of hydrogen-bond donors (Lipinski definition) is 1. The van der Waals surface area contributed by atoms with Crippen molar-refractivity contribution >= 4 is 5.97 Å². The largest absolute Gasteiger partial charge is 0.462 e. The number of fused-ring (bicyclic) bond motifs is 1. The monoisotopic (exact) mass is 289 g/mol. The van der Waals surface area contributed by atoms with E-state index in [9.17, 15) is 9.90 Å². The van der Waals surface area contributed by atoms with Gasteiger partial charge in [-0.15, -0.1) is 0 Å². The number of aliphatic hydroxyl groups excluding tert-OH is 1. The third-order valence-electron chi connectivity index (χ3n) is 4.64. The molecule has 4 nitrogen and oxygen atoms in total. The molecule has 2 heterocycles. The first-order valence-corrected chi connectivity index (χ1v) is 7.87. The molecule has 0 bridgehead atoms. The van der Waals surface area contributed by atoms with Gasteiger partial charge < -0.3 is 9.84 Å². The van der Waals surface area contributed by atoms with Crippen LogP contribution in [0.3, 0.4) is 0 Å². The number of morpholine rings is 1. The van der Waals surface area contributed by atoms with Crippen LogP contribution in [0.2, 0.25) is 0 Å². The second-order valence-corrected chi connectivity index (χ2v) is 6.09. The molecule has 2 fully saturated rings. The van der Waals surface area contributed by atoms with E-state index in [-0.39, 0.29) is 24.1 Å². The highest BCUT2D eigenvalue weighted by atomic mass is 16.5. The first-order chi connectivity index (χ1) is 10.2. The summed E-state index contributed by atoms with van der Waals surface area (Å²) < 4.78 is 5.40. The number of carbonyl (C=O) groups excluding carboxylic acids is 1. The zero-order valence-corrected chi connectivity index (χ0v) is 12.4. The molecule has 0 unspecified atom stereocenters. The molecule has 4 heteroatoms. The van der Waals surface area contributed by atoms with E-state index >= 15 is 0 Å². The van der Waals surface area contributed by atoms with Gasteiger partial charge in [-0.25, -0.2) is 0 Å². The van der Waals surface area contributed by atoms with Crippen LogP contribution in [0.1, 0.15) is 44.2 Å². The molecule has 0 aromatic heterocycles. The lowest BCUT2D eigenvalue weighted by atomic mass is 9.86. The van der Waals surface area contributed by atoms with Crippen LogP contribution in [0.25, 0.3) is 0 Å². The highest BCUT2D eigenvalue weighted by molar-refractivity contribution is 5.77. The van der Waals surface area contributed by atoms with Crippen LogP contribution in [0.15, 0.2) is 30.3 Å². The van der Waals surface area contributed by atoms with Crippen LogP contribution in [0, 0.1) is 0 Å². The summed E-state index contributed by atoms with van der Waals surface area (Å²) >= 11 is 0. The van der Waals surface area contributed by atoms with Crippen molar-refractivity contribution in [1.29, 1.82) is 0 Å². The minimum atomic E-state index is -0.398. The number of cyclic esters (lactones) is 1. The molecule has 1 aromatic carbocycles. The summed E-state index contributed by atoms with van der Waals surface area (Å²) in [6.07, 6.45) is 2.90. The summed E-state index contributed by atoms with van der Waals surface area (Å²) in [7, 11) is 0. The number of carbonyl (C=O) groups is 1. The minimum absolute atomic E-state index is 0.109. The van der Waals surface area contributed by atoms with Gasteiger partial charge in [0.2, 0.25) is 0 Å². The lowest BCUT2D eigenvalue weighted by Crippen LogP contribution is -2.59. The number of ether oxygens (including phenoxy) is 1. The molecule has 0 spiro atoms. The van der Waals surface area contributed by atoms with Crippen LogP contribution in [0.5, 0.6) is 0 Å². The second kappa shape index (κ2) is 6.16. The predicted octanol–water partition coefficient (Wildman–Crippen LogP) is 2.28. The highest BCUT2D eigenvalue weighted by Crippen LogP contribution is 2.38. The summed E-state index contributed by atoms with van der Waals surface area (Å²) in [6, 6.07) is 10.3. The van der Waals surface area contributed by atoms with Gasteiger partial charge in [-0.05, 0) is 24.8 Å². The van der Waals surface area contributed by atoms with Crippen molar-refractivity contribution in [2.24, 2.45) is 0 Å². The van der Waals surface area contributed by atoms with Gasteiger partial charge in [0.1, 0.15) is 12.6 Å². The number of nitrogens with zero attached hydrogens (tertiary/aromatic N) is 1. The molecule has 0 amide bonds. The summed E-state index contributed by atoms with van der Waals surface area (Å²) in [5, 5.41) is 10.1. The van der Waals surface area contributed by atoms with E-state index in [2.05, 4.69) is 24.0 Å². The first kappa shape index (κ1) is 14.5. The Hall–Kier alpha value is -1.39. The van der Waals surface area contributed by atoms with Crippen LogP contribution in [-0.4, -0.2) is 40.8 Å². The number of esters is 1. The van der Waals surface area contributed by atoms with E-state index in [1.807, 2.05) is 18.2 Å². The number of benzene rings is 1. The normalized spacial score (nSPS) is 33.3. The van der Waals surface area contributed by atoms with Gasteiger partial charge in [0.05, 0.1) is 12.1 Å². The standard InChI is InChI=1S/C17H23NO3/c1-2-6-13-9-14(19)10-15-17(20)21-11-16(18(13)15)12-7-4-3-5-8-12/h3-5,7-8,13-16,19H,2,6,9-11H2,1H3/t13-,14+,15+,16-/m1/s1. The van der Waals surface area contributed by atoms with Crippen LogP contribution >= 0.6 is 0 Å². The number of aliphatic hydroxyl groups is 1.